The number of benzene rings is 1. The second-order valence-corrected chi connectivity index (χ2v) is 5.58. The predicted molar refractivity (Wildman–Crippen MR) is 85.8 cm³/mol. The highest BCUT2D eigenvalue weighted by molar-refractivity contribution is 5.81. The molecular weight excluding hydrogens is 312 g/mol. The van der Waals surface area contributed by atoms with E-state index in [1.807, 2.05) is 0 Å². The summed E-state index contributed by atoms with van der Waals surface area (Å²) in [5.41, 5.74) is 7.34. The fourth-order valence-electron chi connectivity index (χ4n) is 2.24. The molecule has 0 saturated heterocycles. The first kappa shape index (κ1) is 15.7. The molecule has 3 rings (SSSR count). The number of hydrogen-bond donors (Lipinski definition) is 2. The first-order valence-electron chi connectivity index (χ1n) is 7.39. The summed E-state index contributed by atoms with van der Waals surface area (Å²) in [6, 6.07) is 6.10. The van der Waals surface area contributed by atoms with Gasteiger partial charge in [-0.3, -0.25) is 25.8 Å². The van der Waals surface area contributed by atoms with Crippen molar-refractivity contribution >= 4 is 17.3 Å². The Morgan fingerprint density at radius 3 is 2.83 bits per heavy atom. The van der Waals surface area contributed by atoms with Gasteiger partial charge in [-0.05, 0) is 25.8 Å². The van der Waals surface area contributed by atoms with Crippen LogP contribution in [-0.4, -0.2) is 25.8 Å². The van der Waals surface area contributed by atoms with Gasteiger partial charge in [-0.25, -0.2) is 4.68 Å². The van der Waals surface area contributed by atoms with Gasteiger partial charge in [0.1, 0.15) is 5.69 Å². The molecule has 0 radical (unpaired) electrons. The van der Waals surface area contributed by atoms with Crippen LogP contribution in [0.15, 0.2) is 30.8 Å². The molecule has 1 aliphatic carbocycles. The number of aromatic nitrogens is 3. The topological polar surface area (TPSA) is 115 Å². The number of nitrogens with zero attached hydrogens (tertiary/aromatic N) is 4. The van der Waals surface area contributed by atoms with Gasteiger partial charge >= 0.3 is 0 Å². The number of rotatable bonds is 6. The number of carbonyl (C=O) groups excluding carboxylic acids is 1. The number of nitrogens with one attached hydrogen (secondary N) is 2. The van der Waals surface area contributed by atoms with Crippen LogP contribution in [0.3, 0.4) is 0 Å². The summed E-state index contributed by atoms with van der Waals surface area (Å²) < 4.78 is 1.48. The van der Waals surface area contributed by atoms with Gasteiger partial charge in [0.15, 0.2) is 0 Å². The molecule has 0 spiro atoms. The highest BCUT2D eigenvalue weighted by Gasteiger charge is 2.29. The van der Waals surface area contributed by atoms with Crippen LogP contribution in [-0.2, 0) is 4.79 Å². The Hall–Kier alpha value is -3.23. The van der Waals surface area contributed by atoms with E-state index in [0.717, 1.165) is 12.8 Å². The van der Waals surface area contributed by atoms with Crippen LogP contribution in [0.25, 0.3) is 11.4 Å². The van der Waals surface area contributed by atoms with Gasteiger partial charge in [-0.1, -0.05) is 17.9 Å². The van der Waals surface area contributed by atoms with Crippen LogP contribution in [0.2, 0.25) is 0 Å². The number of amides is 1. The Labute approximate surface area is 137 Å². The average Bonchev–Trinajstić information content (AvgIpc) is 3.35. The van der Waals surface area contributed by atoms with Gasteiger partial charge in [0.05, 0.1) is 22.0 Å². The summed E-state index contributed by atoms with van der Waals surface area (Å²) >= 11 is 0. The lowest BCUT2D eigenvalue weighted by Crippen LogP contribution is -2.37. The maximum atomic E-state index is 11.6. The molecule has 24 heavy (non-hydrogen) atoms. The lowest BCUT2D eigenvalue weighted by molar-refractivity contribution is -0.384. The summed E-state index contributed by atoms with van der Waals surface area (Å²) in [7, 11) is 0. The molecule has 1 aromatic carbocycles. The third-order valence-electron chi connectivity index (χ3n) is 3.75. The summed E-state index contributed by atoms with van der Waals surface area (Å²) in [5, 5.41) is 18.9. The first-order valence-corrected chi connectivity index (χ1v) is 7.39. The fraction of sp³-hybridized carbons (Fsp3) is 0.267. The second kappa shape index (κ2) is 6.11. The van der Waals surface area contributed by atoms with E-state index in [0.29, 0.717) is 22.8 Å². The van der Waals surface area contributed by atoms with E-state index < -0.39 is 4.92 Å². The van der Waals surface area contributed by atoms with Gasteiger partial charge in [0, 0.05) is 18.1 Å². The van der Waals surface area contributed by atoms with Crippen LogP contribution >= 0.6 is 0 Å². The second-order valence-electron chi connectivity index (χ2n) is 5.58. The average molecular weight is 328 g/mol. The van der Waals surface area contributed by atoms with E-state index in [4.69, 9.17) is 0 Å². The van der Waals surface area contributed by atoms with Crippen LogP contribution in [0, 0.1) is 23.0 Å². The van der Waals surface area contributed by atoms with Crippen molar-refractivity contribution in [2.24, 2.45) is 5.92 Å². The number of non-ortho nitro benzene ring substituents is 1. The lowest BCUT2D eigenvalue weighted by atomic mass is 10.2. The molecule has 0 atom stereocenters. The van der Waals surface area contributed by atoms with Crippen molar-refractivity contribution in [1.29, 1.82) is 0 Å². The van der Waals surface area contributed by atoms with E-state index in [1.165, 1.54) is 16.8 Å². The summed E-state index contributed by atoms with van der Waals surface area (Å²) in [6.45, 7) is 5.61. The Balaban J connectivity index is 1.77. The highest BCUT2D eigenvalue weighted by atomic mass is 16.6. The molecule has 0 bridgehead atoms. The molecular formula is C15H16N6O3. The van der Waals surface area contributed by atoms with Crippen LogP contribution in [0.1, 0.15) is 24.2 Å². The highest BCUT2D eigenvalue weighted by Crippen LogP contribution is 2.28. The van der Waals surface area contributed by atoms with Gasteiger partial charge in [-0.2, -0.15) is 0 Å². The molecule has 1 saturated carbocycles. The molecule has 1 heterocycles. The predicted octanol–water partition coefficient (Wildman–Crippen LogP) is 1.49. The maximum absolute atomic E-state index is 11.6. The normalized spacial score (nSPS) is 13.4. The van der Waals surface area contributed by atoms with E-state index in [-0.39, 0.29) is 17.5 Å². The molecule has 1 aliphatic rings. The summed E-state index contributed by atoms with van der Waals surface area (Å²) in [6.07, 6.45) is 1.81. The summed E-state index contributed by atoms with van der Waals surface area (Å²) in [4.78, 5) is 22.1. The zero-order chi connectivity index (χ0) is 17.3. The molecule has 1 amide bonds. The van der Waals surface area contributed by atoms with Crippen molar-refractivity contribution in [3.05, 3.63) is 52.3 Å². The number of carbonyl (C=O) groups is 1. The minimum absolute atomic E-state index is 0.0300. The smallest absolute Gasteiger partial charge is 0.271 e. The fourth-order valence-corrected chi connectivity index (χ4v) is 2.24. The number of nitro groups is 1. The number of nitro benzene ring substituents is 1. The van der Waals surface area contributed by atoms with Crippen molar-refractivity contribution in [2.45, 2.75) is 19.8 Å². The van der Waals surface area contributed by atoms with Gasteiger partial charge in [-0.15, -0.1) is 5.10 Å². The van der Waals surface area contributed by atoms with E-state index in [2.05, 4.69) is 27.7 Å². The van der Waals surface area contributed by atoms with E-state index >= 15 is 0 Å². The third kappa shape index (κ3) is 3.09. The van der Waals surface area contributed by atoms with E-state index in [9.17, 15) is 14.9 Å². The van der Waals surface area contributed by atoms with Gasteiger partial charge in [0.2, 0.25) is 5.91 Å². The largest absolute Gasteiger partial charge is 0.297 e. The third-order valence-corrected chi connectivity index (χ3v) is 3.75. The molecule has 1 aromatic heterocycles. The Bertz CT molecular complexity index is 824. The molecule has 0 aliphatic heterocycles. The Kier molecular flexibility index (Phi) is 3.98. The van der Waals surface area contributed by atoms with Crippen molar-refractivity contribution in [3.63, 3.8) is 0 Å². The summed E-state index contributed by atoms with van der Waals surface area (Å²) in [5.74, 6) is 0.00632. The molecule has 1 fully saturated rings. The minimum atomic E-state index is -0.468. The molecule has 124 valence electrons. The molecule has 9 nitrogen and oxygen atoms in total. The van der Waals surface area contributed by atoms with Crippen molar-refractivity contribution < 1.29 is 9.72 Å². The number of hydrogen-bond acceptors (Lipinski definition) is 6. The van der Waals surface area contributed by atoms with Crippen molar-refractivity contribution in [1.82, 2.24) is 25.8 Å². The van der Waals surface area contributed by atoms with Crippen molar-refractivity contribution in [3.8, 4) is 5.69 Å². The zero-order valence-corrected chi connectivity index (χ0v) is 13.0. The molecule has 2 aromatic rings. The van der Waals surface area contributed by atoms with Crippen LogP contribution < -0.4 is 10.9 Å². The van der Waals surface area contributed by atoms with E-state index in [1.54, 1.807) is 19.1 Å². The maximum Gasteiger partial charge on any atom is 0.271 e. The Morgan fingerprint density at radius 2 is 2.17 bits per heavy atom. The SMILES string of the molecule is C=C(NNC(=O)C1CC1)c1nnn(-c2cccc([N+](=O)[O-])c2)c1C. The zero-order valence-electron chi connectivity index (χ0n) is 13.0. The monoisotopic (exact) mass is 328 g/mol. The minimum Gasteiger partial charge on any atom is -0.297 e. The Morgan fingerprint density at radius 1 is 1.42 bits per heavy atom. The molecule has 9 heteroatoms. The van der Waals surface area contributed by atoms with Crippen LogP contribution in [0.5, 0.6) is 0 Å². The lowest BCUT2D eigenvalue weighted by Gasteiger charge is -2.09. The first-order chi connectivity index (χ1) is 11.5. The number of hydrazine groups is 1. The standard InChI is InChI=1S/C15H16N6O3/c1-9(16-18-15(22)11-6-7-11)14-10(2)20(19-17-14)12-4-3-5-13(8-12)21(23)24/h3-5,8,11,16H,1,6-7H2,2H3,(H,18,22). The van der Waals surface area contributed by atoms with Crippen molar-refractivity contribution in [2.75, 3.05) is 0 Å². The molecule has 2 N–H and O–H groups in total. The molecule has 0 unspecified atom stereocenters. The van der Waals surface area contributed by atoms with Gasteiger partial charge in [0.25, 0.3) is 5.69 Å². The van der Waals surface area contributed by atoms with Gasteiger partial charge < -0.3 is 0 Å². The quantitative estimate of drug-likeness (QED) is 0.613. The van der Waals surface area contributed by atoms with Crippen LogP contribution in [0.4, 0.5) is 5.69 Å².